The maximum atomic E-state index is 5.89. The van der Waals surface area contributed by atoms with Crippen molar-refractivity contribution < 1.29 is 4.74 Å². The molecule has 0 bridgehead atoms. The Morgan fingerprint density at radius 3 is 2.29 bits per heavy atom. The van der Waals surface area contributed by atoms with Crippen LogP contribution in [0.4, 0.5) is 0 Å². The van der Waals surface area contributed by atoms with E-state index in [2.05, 4.69) is 33.0 Å². The summed E-state index contributed by atoms with van der Waals surface area (Å²) in [6.07, 6.45) is 0.997. The first-order valence-corrected chi connectivity index (χ1v) is 5.76. The van der Waals surface area contributed by atoms with Crippen LogP contribution in [0.25, 0.3) is 0 Å². The van der Waals surface area contributed by atoms with Crippen LogP contribution in [0, 0.1) is 0 Å². The van der Waals surface area contributed by atoms with Gasteiger partial charge in [0.15, 0.2) is 0 Å². The first kappa shape index (κ1) is 14.2. The van der Waals surface area contributed by atoms with Crippen molar-refractivity contribution in [3.8, 4) is 0 Å². The highest BCUT2D eigenvalue weighted by molar-refractivity contribution is 6.20. The third-order valence-corrected chi connectivity index (χ3v) is 1.99. The summed E-state index contributed by atoms with van der Waals surface area (Å²) in [7, 11) is 0. The minimum absolute atomic E-state index is 0.0370. The standard InChI is InChI=1S/C11H24ClNO/c1-9(12)8-10(2)13-6-7-14-11(3,4)5/h9-10,13H,6-8H2,1-5H3. The fourth-order valence-electron chi connectivity index (χ4n) is 1.23. The minimum Gasteiger partial charge on any atom is -0.375 e. The third kappa shape index (κ3) is 10.3. The Morgan fingerprint density at radius 2 is 1.86 bits per heavy atom. The van der Waals surface area contributed by atoms with Crippen LogP contribution in [-0.2, 0) is 4.74 Å². The van der Waals surface area contributed by atoms with Crippen molar-refractivity contribution >= 4 is 11.6 Å². The van der Waals surface area contributed by atoms with Crippen molar-refractivity contribution in [3.63, 3.8) is 0 Å². The zero-order chi connectivity index (χ0) is 11.2. The van der Waals surface area contributed by atoms with Gasteiger partial charge in [-0.15, -0.1) is 11.6 Å². The molecule has 0 amide bonds. The lowest BCUT2D eigenvalue weighted by Gasteiger charge is -2.21. The van der Waals surface area contributed by atoms with Crippen LogP contribution in [0.1, 0.15) is 41.0 Å². The van der Waals surface area contributed by atoms with E-state index in [1.165, 1.54) is 0 Å². The van der Waals surface area contributed by atoms with Crippen LogP contribution in [-0.4, -0.2) is 30.2 Å². The molecule has 0 aliphatic rings. The van der Waals surface area contributed by atoms with Crippen molar-refractivity contribution in [3.05, 3.63) is 0 Å². The Kier molecular flexibility index (Phi) is 6.75. The van der Waals surface area contributed by atoms with Gasteiger partial charge in [0.1, 0.15) is 0 Å². The molecular weight excluding hydrogens is 198 g/mol. The lowest BCUT2D eigenvalue weighted by molar-refractivity contribution is -0.00154. The molecule has 0 radical (unpaired) electrons. The van der Waals surface area contributed by atoms with Crippen molar-refractivity contribution in [2.75, 3.05) is 13.2 Å². The molecule has 0 saturated carbocycles. The Hall–Kier alpha value is 0.210. The molecule has 3 heteroatoms. The molecule has 0 saturated heterocycles. The molecule has 0 heterocycles. The smallest absolute Gasteiger partial charge is 0.0599 e. The summed E-state index contributed by atoms with van der Waals surface area (Å²) in [6.45, 7) is 12.0. The summed E-state index contributed by atoms with van der Waals surface area (Å²) >= 11 is 5.89. The summed E-state index contributed by atoms with van der Waals surface area (Å²) in [5.41, 5.74) is -0.0370. The molecule has 2 atom stereocenters. The SMILES string of the molecule is CC(Cl)CC(C)NCCOC(C)(C)C. The molecule has 0 rings (SSSR count). The lowest BCUT2D eigenvalue weighted by Crippen LogP contribution is -2.33. The maximum Gasteiger partial charge on any atom is 0.0599 e. The van der Waals surface area contributed by atoms with Crippen LogP contribution in [0.3, 0.4) is 0 Å². The lowest BCUT2D eigenvalue weighted by atomic mass is 10.2. The van der Waals surface area contributed by atoms with Crippen molar-refractivity contribution in [1.29, 1.82) is 0 Å². The third-order valence-electron chi connectivity index (χ3n) is 1.81. The Labute approximate surface area is 93.4 Å². The van der Waals surface area contributed by atoms with Gasteiger partial charge in [-0.1, -0.05) is 0 Å². The molecule has 0 aromatic heterocycles. The van der Waals surface area contributed by atoms with Gasteiger partial charge in [0.25, 0.3) is 0 Å². The monoisotopic (exact) mass is 221 g/mol. The van der Waals surface area contributed by atoms with Crippen LogP contribution >= 0.6 is 11.6 Å². The zero-order valence-electron chi connectivity index (χ0n) is 10.1. The zero-order valence-corrected chi connectivity index (χ0v) is 10.8. The second kappa shape index (κ2) is 6.65. The number of rotatable bonds is 6. The Bertz CT molecular complexity index is 143. The van der Waals surface area contributed by atoms with Crippen LogP contribution in [0.2, 0.25) is 0 Å². The number of hydrogen-bond donors (Lipinski definition) is 1. The molecule has 0 aliphatic carbocycles. The van der Waals surface area contributed by atoms with Gasteiger partial charge in [-0.2, -0.15) is 0 Å². The van der Waals surface area contributed by atoms with Gasteiger partial charge in [0.2, 0.25) is 0 Å². The Balaban J connectivity index is 3.36. The second-order valence-corrected chi connectivity index (χ2v) is 5.58. The average molecular weight is 222 g/mol. The minimum atomic E-state index is -0.0370. The number of ether oxygens (including phenoxy) is 1. The molecule has 0 fully saturated rings. The molecule has 2 nitrogen and oxygen atoms in total. The van der Waals surface area contributed by atoms with E-state index in [-0.39, 0.29) is 11.0 Å². The van der Waals surface area contributed by atoms with Crippen molar-refractivity contribution in [2.45, 2.75) is 58.1 Å². The van der Waals surface area contributed by atoms with E-state index in [9.17, 15) is 0 Å². The number of nitrogens with one attached hydrogen (secondary N) is 1. The van der Waals surface area contributed by atoms with Crippen molar-refractivity contribution in [1.82, 2.24) is 5.32 Å². The first-order valence-electron chi connectivity index (χ1n) is 5.32. The molecule has 14 heavy (non-hydrogen) atoms. The van der Waals surface area contributed by atoms with E-state index in [1.807, 2.05) is 6.92 Å². The number of alkyl halides is 1. The van der Waals surface area contributed by atoms with Crippen molar-refractivity contribution in [2.24, 2.45) is 0 Å². The second-order valence-electron chi connectivity index (χ2n) is 4.83. The predicted molar refractivity (Wildman–Crippen MR) is 63.1 cm³/mol. The summed E-state index contributed by atoms with van der Waals surface area (Å²) < 4.78 is 5.59. The molecule has 0 aromatic carbocycles. The van der Waals surface area contributed by atoms with E-state index in [4.69, 9.17) is 16.3 Å². The van der Waals surface area contributed by atoms with Gasteiger partial charge in [-0.25, -0.2) is 0 Å². The van der Waals surface area contributed by atoms with Crippen LogP contribution < -0.4 is 5.32 Å². The van der Waals surface area contributed by atoms with Gasteiger partial charge >= 0.3 is 0 Å². The van der Waals surface area contributed by atoms with Gasteiger partial charge in [-0.05, 0) is 41.0 Å². The fourth-order valence-corrected chi connectivity index (χ4v) is 1.50. The van der Waals surface area contributed by atoms with Gasteiger partial charge in [0, 0.05) is 18.0 Å². The number of hydrogen-bond acceptors (Lipinski definition) is 2. The molecule has 0 aliphatic heterocycles. The predicted octanol–water partition coefficient (Wildman–Crippen LogP) is 2.80. The summed E-state index contributed by atoms with van der Waals surface area (Å²) in [5, 5.41) is 3.61. The molecule has 2 unspecified atom stereocenters. The summed E-state index contributed by atoms with van der Waals surface area (Å²) in [5.74, 6) is 0. The molecule has 86 valence electrons. The molecule has 0 aromatic rings. The molecular formula is C11H24ClNO. The highest BCUT2D eigenvalue weighted by Crippen LogP contribution is 2.06. The van der Waals surface area contributed by atoms with E-state index >= 15 is 0 Å². The Morgan fingerprint density at radius 1 is 1.29 bits per heavy atom. The van der Waals surface area contributed by atoms with E-state index in [0.717, 1.165) is 19.6 Å². The van der Waals surface area contributed by atoms with E-state index in [0.29, 0.717) is 6.04 Å². The largest absolute Gasteiger partial charge is 0.375 e. The topological polar surface area (TPSA) is 21.3 Å². The highest BCUT2D eigenvalue weighted by Gasteiger charge is 2.10. The van der Waals surface area contributed by atoms with Crippen LogP contribution in [0.15, 0.2) is 0 Å². The molecule has 1 N–H and O–H groups in total. The van der Waals surface area contributed by atoms with Crippen LogP contribution in [0.5, 0.6) is 0 Å². The highest BCUT2D eigenvalue weighted by atomic mass is 35.5. The maximum absolute atomic E-state index is 5.89. The fraction of sp³-hybridized carbons (Fsp3) is 1.00. The summed E-state index contributed by atoms with van der Waals surface area (Å²) in [4.78, 5) is 0. The average Bonchev–Trinajstić information content (AvgIpc) is 1.95. The van der Waals surface area contributed by atoms with Gasteiger partial charge in [-0.3, -0.25) is 0 Å². The van der Waals surface area contributed by atoms with E-state index < -0.39 is 0 Å². The molecule has 0 spiro atoms. The summed E-state index contributed by atoms with van der Waals surface area (Å²) in [6, 6.07) is 0.464. The van der Waals surface area contributed by atoms with E-state index in [1.54, 1.807) is 0 Å². The van der Waals surface area contributed by atoms with Gasteiger partial charge < -0.3 is 10.1 Å². The quantitative estimate of drug-likeness (QED) is 0.550. The number of halogens is 1. The normalized spacial score (nSPS) is 16.7. The first-order chi connectivity index (χ1) is 6.31. The van der Waals surface area contributed by atoms with Gasteiger partial charge in [0.05, 0.1) is 12.2 Å².